The normalized spacial score (nSPS) is 22.6. The first-order chi connectivity index (χ1) is 14.0. The van der Waals surface area contributed by atoms with Crippen LogP contribution in [0.2, 0.25) is 0 Å². The van der Waals surface area contributed by atoms with Gasteiger partial charge >= 0.3 is 0 Å². The Kier molecular flexibility index (Phi) is 5.08. The molecular formula is C22H26O7. The lowest BCUT2D eigenvalue weighted by atomic mass is 9.67. The molecule has 7 heteroatoms. The van der Waals surface area contributed by atoms with Crippen molar-refractivity contribution in [1.29, 1.82) is 0 Å². The first-order valence-electron chi connectivity index (χ1n) is 9.53. The van der Waals surface area contributed by atoms with E-state index in [0.717, 1.165) is 23.1 Å². The van der Waals surface area contributed by atoms with Crippen LogP contribution >= 0.6 is 0 Å². The van der Waals surface area contributed by atoms with E-state index in [2.05, 4.69) is 0 Å². The van der Waals surface area contributed by atoms with Gasteiger partial charge in [-0.1, -0.05) is 0 Å². The van der Waals surface area contributed by atoms with Gasteiger partial charge in [-0.3, -0.25) is 0 Å². The number of fused-ring (bicyclic) bond motifs is 2. The minimum absolute atomic E-state index is 0.0196. The maximum Gasteiger partial charge on any atom is 0.201 e. The van der Waals surface area contributed by atoms with Crippen molar-refractivity contribution in [2.45, 2.75) is 12.3 Å². The van der Waals surface area contributed by atoms with E-state index in [9.17, 15) is 10.2 Å². The molecule has 29 heavy (non-hydrogen) atoms. The Morgan fingerprint density at radius 2 is 1.45 bits per heavy atom. The summed E-state index contributed by atoms with van der Waals surface area (Å²) < 4.78 is 27.6. The molecule has 2 aromatic carbocycles. The standard InChI is InChI=1S/C22H26O7/c1-25-15-7-12(8-16(26-2)20(15)23)18-14-10-29-9-13(14)5-11-6-17(27-3)21(24)22(28-4)19(11)18/h6-8,13-14,18,23-24H,5,9-10H2,1-4H3/t13-,14+,18+/m1/s1. The zero-order valence-corrected chi connectivity index (χ0v) is 17.0. The average Bonchev–Trinajstić information content (AvgIpc) is 3.20. The Morgan fingerprint density at radius 3 is 2.03 bits per heavy atom. The quantitative estimate of drug-likeness (QED) is 0.795. The molecule has 1 aliphatic carbocycles. The van der Waals surface area contributed by atoms with Gasteiger partial charge in [-0.15, -0.1) is 0 Å². The highest BCUT2D eigenvalue weighted by molar-refractivity contribution is 5.64. The lowest BCUT2D eigenvalue weighted by molar-refractivity contribution is 0.179. The van der Waals surface area contributed by atoms with Crippen molar-refractivity contribution >= 4 is 0 Å². The molecule has 4 rings (SSSR count). The second-order valence-electron chi connectivity index (χ2n) is 7.45. The molecule has 2 aliphatic rings. The topological polar surface area (TPSA) is 86.6 Å². The Hall–Kier alpha value is -2.80. The number of methoxy groups -OCH3 is 4. The molecule has 1 aliphatic heterocycles. The van der Waals surface area contributed by atoms with Gasteiger partial charge in [0.1, 0.15) is 0 Å². The molecule has 0 amide bonds. The van der Waals surface area contributed by atoms with Gasteiger partial charge < -0.3 is 33.9 Å². The zero-order valence-electron chi connectivity index (χ0n) is 17.0. The Morgan fingerprint density at radius 1 is 0.828 bits per heavy atom. The molecule has 156 valence electrons. The maximum absolute atomic E-state index is 10.7. The van der Waals surface area contributed by atoms with Crippen molar-refractivity contribution in [3.8, 4) is 34.5 Å². The number of aromatic hydroxyl groups is 2. The van der Waals surface area contributed by atoms with Crippen molar-refractivity contribution in [3.05, 3.63) is 34.9 Å². The van der Waals surface area contributed by atoms with Crippen molar-refractivity contribution in [1.82, 2.24) is 0 Å². The molecule has 1 fully saturated rings. The minimum Gasteiger partial charge on any atom is -0.502 e. The van der Waals surface area contributed by atoms with Crippen LogP contribution < -0.4 is 18.9 Å². The fourth-order valence-electron chi connectivity index (χ4n) is 4.76. The predicted molar refractivity (Wildman–Crippen MR) is 106 cm³/mol. The second-order valence-corrected chi connectivity index (χ2v) is 7.45. The molecule has 0 radical (unpaired) electrons. The van der Waals surface area contributed by atoms with Gasteiger partial charge in [0.25, 0.3) is 0 Å². The smallest absolute Gasteiger partial charge is 0.201 e. The number of hydrogen-bond donors (Lipinski definition) is 2. The number of benzene rings is 2. The van der Waals surface area contributed by atoms with E-state index in [4.69, 9.17) is 23.7 Å². The third-order valence-electron chi connectivity index (χ3n) is 6.10. The molecule has 2 aromatic rings. The first-order valence-corrected chi connectivity index (χ1v) is 9.53. The Labute approximate surface area is 169 Å². The molecular weight excluding hydrogens is 376 g/mol. The summed E-state index contributed by atoms with van der Waals surface area (Å²) in [5, 5.41) is 21.1. The molecule has 1 heterocycles. The summed E-state index contributed by atoms with van der Waals surface area (Å²) in [4.78, 5) is 0. The SMILES string of the molecule is COc1cc([C@@H]2c3c(cc(OC)c(O)c3OC)C[C@@H]3COC[C@@H]32)cc(OC)c1O. The number of phenols is 2. The van der Waals surface area contributed by atoms with E-state index < -0.39 is 0 Å². The molecule has 0 aromatic heterocycles. The van der Waals surface area contributed by atoms with Gasteiger partial charge in [-0.25, -0.2) is 0 Å². The predicted octanol–water partition coefficient (Wildman–Crippen LogP) is 3.08. The molecule has 1 saturated heterocycles. The molecule has 3 atom stereocenters. The number of phenolic OH excluding ortho intramolecular Hbond substituents is 2. The number of rotatable bonds is 5. The largest absolute Gasteiger partial charge is 0.502 e. The second kappa shape index (κ2) is 7.55. The van der Waals surface area contributed by atoms with Crippen LogP contribution in [0.4, 0.5) is 0 Å². The molecule has 0 unspecified atom stereocenters. The van der Waals surface area contributed by atoms with Crippen LogP contribution in [-0.4, -0.2) is 51.9 Å². The fourth-order valence-corrected chi connectivity index (χ4v) is 4.76. The number of ether oxygens (including phenoxy) is 5. The molecule has 7 nitrogen and oxygen atoms in total. The maximum atomic E-state index is 10.7. The summed E-state index contributed by atoms with van der Waals surface area (Å²) in [6.45, 7) is 1.29. The van der Waals surface area contributed by atoms with Crippen molar-refractivity contribution in [2.75, 3.05) is 41.7 Å². The number of hydrogen-bond acceptors (Lipinski definition) is 7. The van der Waals surface area contributed by atoms with E-state index in [-0.39, 0.29) is 23.3 Å². The summed E-state index contributed by atoms with van der Waals surface area (Å²) in [5.41, 5.74) is 2.87. The average molecular weight is 402 g/mol. The van der Waals surface area contributed by atoms with Crippen molar-refractivity contribution in [3.63, 3.8) is 0 Å². The third kappa shape index (κ3) is 3.00. The van der Waals surface area contributed by atoms with Gasteiger partial charge in [-0.2, -0.15) is 0 Å². The summed E-state index contributed by atoms with van der Waals surface area (Å²) >= 11 is 0. The van der Waals surface area contributed by atoms with Gasteiger partial charge in [-0.05, 0) is 47.6 Å². The molecule has 2 N–H and O–H groups in total. The molecule has 0 saturated carbocycles. The van der Waals surface area contributed by atoms with E-state index in [0.29, 0.717) is 42.1 Å². The highest BCUT2D eigenvalue weighted by Crippen LogP contribution is 2.55. The van der Waals surface area contributed by atoms with Crippen LogP contribution in [0, 0.1) is 11.8 Å². The van der Waals surface area contributed by atoms with Crippen molar-refractivity contribution < 1.29 is 33.9 Å². The monoisotopic (exact) mass is 402 g/mol. The third-order valence-corrected chi connectivity index (χ3v) is 6.10. The summed E-state index contributed by atoms with van der Waals surface area (Å²) in [6.07, 6.45) is 0.815. The van der Waals surface area contributed by atoms with E-state index in [1.165, 1.54) is 21.3 Å². The molecule has 0 spiro atoms. The highest BCUT2D eigenvalue weighted by Gasteiger charge is 2.44. The summed E-state index contributed by atoms with van der Waals surface area (Å²) in [6, 6.07) is 5.51. The van der Waals surface area contributed by atoms with Crippen LogP contribution in [0.25, 0.3) is 0 Å². The first kappa shape index (κ1) is 19.5. The fraction of sp³-hybridized carbons (Fsp3) is 0.455. The highest BCUT2D eigenvalue weighted by atomic mass is 16.5. The van der Waals surface area contributed by atoms with Crippen LogP contribution in [0.1, 0.15) is 22.6 Å². The van der Waals surface area contributed by atoms with E-state index in [1.807, 2.05) is 18.2 Å². The van der Waals surface area contributed by atoms with Gasteiger partial charge in [0, 0.05) is 11.5 Å². The summed E-state index contributed by atoms with van der Waals surface area (Å²) in [7, 11) is 6.08. The molecule has 0 bridgehead atoms. The Balaban J connectivity index is 1.97. The van der Waals surface area contributed by atoms with Gasteiger partial charge in [0.15, 0.2) is 23.0 Å². The van der Waals surface area contributed by atoms with Gasteiger partial charge in [0.05, 0.1) is 41.7 Å². The summed E-state index contributed by atoms with van der Waals surface area (Å²) in [5.74, 6) is 1.80. The van der Waals surface area contributed by atoms with Crippen LogP contribution in [0.5, 0.6) is 34.5 Å². The lowest BCUT2D eigenvalue weighted by Crippen LogP contribution is -2.30. The van der Waals surface area contributed by atoms with E-state index in [1.54, 1.807) is 7.11 Å². The van der Waals surface area contributed by atoms with Crippen LogP contribution in [-0.2, 0) is 11.2 Å². The Bertz CT molecular complexity index is 899. The lowest BCUT2D eigenvalue weighted by Gasteiger charge is -2.36. The van der Waals surface area contributed by atoms with Crippen LogP contribution in [0.3, 0.4) is 0 Å². The van der Waals surface area contributed by atoms with Crippen LogP contribution in [0.15, 0.2) is 18.2 Å². The van der Waals surface area contributed by atoms with E-state index >= 15 is 0 Å². The minimum atomic E-state index is -0.124. The van der Waals surface area contributed by atoms with Gasteiger partial charge in [0.2, 0.25) is 11.5 Å². The van der Waals surface area contributed by atoms with Crippen molar-refractivity contribution in [2.24, 2.45) is 11.8 Å². The zero-order chi connectivity index (χ0) is 20.7.